The fraction of sp³-hybridized carbons (Fsp3) is 0.214. The van der Waals surface area contributed by atoms with Gasteiger partial charge in [-0.2, -0.15) is 8.78 Å². The first-order valence-electron chi connectivity index (χ1n) is 11.2. The number of aromatic nitrogens is 2. The number of para-hydroxylation sites is 1. The van der Waals surface area contributed by atoms with Crippen LogP contribution in [0.3, 0.4) is 0 Å². The molecule has 3 aromatic carbocycles. The zero-order chi connectivity index (χ0) is 25.1. The number of rotatable bonds is 8. The van der Waals surface area contributed by atoms with E-state index in [4.69, 9.17) is 11.4 Å². The van der Waals surface area contributed by atoms with E-state index in [0.29, 0.717) is 16.8 Å². The van der Waals surface area contributed by atoms with E-state index in [1.807, 2.05) is 36.9 Å². The Morgan fingerprint density at radius 2 is 1.83 bits per heavy atom. The van der Waals surface area contributed by atoms with Crippen LogP contribution in [0.1, 0.15) is 41.1 Å². The molecule has 0 radical (unpaired) electrons. The summed E-state index contributed by atoms with van der Waals surface area (Å²) in [6.07, 6.45) is 7.43. The van der Waals surface area contributed by atoms with Gasteiger partial charge in [-0.15, -0.1) is 6.42 Å². The second kappa shape index (κ2) is 10.1. The molecule has 0 aliphatic rings. The van der Waals surface area contributed by atoms with Crippen LogP contribution >= 0.6 is 0 Å². The summed E-state index contributed by atoms with van der Waals surface area (Å²) < 4.78 is 31.5. The predicted octanol–water partition coefficient (Wildman–Crippen LogP) is 6.10. The van der Waals surface area contributed by atoms with Gasteiger partial charge in [0.2, 0.25) is 0 Å². The van der Waals surface area contributed by atoms with Gasteiger partial charge in [0.1, 0.15) is 11.6 Å². The summed E-state index contributed by atoms with van der Waals surface area (Å²) in [5, 5.41) is 0. The fourth-order valence-corrected chi connectivity index (χ4v) is 4.36. The van der Waals surface area contributed by atoms with Gasteiger partial charge in [0, 0.05) is 11.1 Å². The Bertz CT molecular complexity index is 1400. The van der Waals surface area contributed by atoms with E-state index in [2.05, 4.69) is 22.5 Å². The number of benzene rings is 3. The number of carbonyl (C=O) groups is 1. The molecule has 1 heterocycles. The summed E-state index contributed by atoms with van der Waals surface area (Å²) in [5.41, 5.74) is 4.89. The lowest BCUT2D eigenvalue weighted by molar-refractivity contribution is -0.0498. The molecular formula is C28H25F2N3O2. The maximum absolute atomic E-state index is 12.5. The maximum atomic E-state index is 12.5. The Hall–Kier alpha value is -4.02. The third-order valence-electron chi connectivity index (χ3n) is 5.97. The van der Waals surface area contributed by atoms with Crippen LogP contribution in [0.4, 0.5) is 8.78 Å². The Morgan fingerprint density at radius 1 is 1.11 bits per heavy atom. The highest BCUT2D eigenvalue weighted by molar-refractivity contribution is 5.89. The number of hydrogen-bond acceptors (Lipinski definition) is 4. The lowest BCUT2D eigenvalue weighted by Gasteiger charge is -2.24. The molecule has 178 valence electrons. The van der Waals surface area contributed by atoms with E-state index in [0.717, 1.165) is 40.7 Å². The summed E-state index contributed by atoms with van der Waals surface area (Å²) in [6.45, 7) is -0.798. The van der Waals surface area contributed by atoms with Gasteiger partial charge in [0.05, 0.1) is 22.8 Å². The van der Waals surface area contributed by atoms with Gasteiger partial charge < -0.3 is 4.74 Å². The molecule has 0 aliphatic carbocycles. The van der Waals surface area contributed by atoms with Gasteiger partial charge in [-0.3, -0.25) is 14.3 Å². The number of nitrogens with zero attached hydrogens (tertiary/aromatic N) is 3. The Balaban J connectivity index is 1.98. The molecule has 1 atom stereocenters. The molecular weight excluding hydrogens is 448 g/mol. The lowest BCUT2D eigenvalue weighted by atomic mass is 10.0. The summed E-state index contributed by atoms with van der Waals surface area (Å²) in [4.78, 5) is 19.1. The zero-order valence-corrected chi connectivity index (χ0v) is 19.7. The van der Waals surface area contributed by atoms with Crippen LogP contribution < -0.4 is 4.74 Å². The lowest BCUT2D eigenvalue weighted by Crippen LogP contribution is -2.23. The summed E-state index contributed by atoms with van der Waals surface area (Å²) in [5.74, 6) is 3.57. The largest absolute Gasteiger partial charge is 0.435 e. The van der Waals surface area contributed by atoms with E-state index in [-0.39, 0.29) is 11.8 Å². The molecule has 0 spiro atoms. The van der Waals surface area contributed by atoms with E-state index in [1.165, 1.54) is 12.1 Å². The summed E-state index contributed by atoms with van der Waals surface area (Å²) in [6, 6.07) is 17.5. The number of fused-ring (bicyclic) bond motifs is 1. The molecule has 0 N–H and O–H groups in total. The number of alkyl halides is 2. The quantitative estimate of drug-likeness (QED) is 0.229. The van der Waals surface area contributed by atoms with Crippen molar-refractivity contribution >= 4 is 17.3 Å². The second-order valence-electron chi connectivity index (χ2n) is 8.31. The van der Waals surface area contributed by atoms with Crippen LogP contribution in [0.25, 0.3) is 27.8 Å². The van der Waals surface area contributed by atoms with Crippen LogP contribution in [0.15, 0.2) is 60.7 Å². The van der Waals surface area contributed by atoms with E-state index in [9.17, 15) is 13.6 Å². The number of aldehydes is 1. The van der Waals surface area contributed by atoms with Gasteiger partial charge in [-0.25, -0.2) is 4.98 Å². The zero-order valence-electron chi connectivity index (χ0n) is 19.7. The van der Waals surface area contributed by atoms with Crippen LogP contribution in [-0.2, 0) is 0 Å². The minimum absolute atomic E-state index is 0.0260. The molecule has 0 saturated carbocycles. The SMILES string of the molecule is C#Cc1cccc(C=O)c1-n1c(C(CC)N(C)C)nc2ccc(-c3ccc(OC(F)F)cc3)cc21. The molecule has 0 saturated heterocycles. The average molecular weight is 474 g/mol. The van der Waals surface area contributed by atoms with Crippen molar-refractivity contribution in [3.05, 3.63) is 77.6 Å². The number of ether oxygens (including phenoxy) is 1. The fourth-order valence-electron chi connectivity index (χ4n) is 4.36. The Kier molecular flexibility index (Phi) is 6.94. The summed E-state index contributed by atoms with van der Waals surface area (Å²) in [7, 11) is 3.97. The maximum Gasteiger partial charge on any atom is 0.387 e. The predicted molar refractivity (Wildman–Crippen MR) is 133 cm³/mol. The number of imidazole rings is 1. The van der Waals surface area contributed by atoms with Crippen LogP contribution in [0.5, 0.6) is 5.75 Å². The molecule has 0 fully saturated rings. The first-order chi connectivity index (χ1) is 16.9. The first-order valence-corrected chi connectivity index (χ1v) is 11.2. The van der Waals surface area contributed by atoms with Crippen molar-refractivity contribution in [3.8, 4) is 34.9 Å². The molecule has 4 rings (SSSR count). The van der Waals surface area contributed by atoms with Gasteiger partial charge in [0.15, 0.2) is 6.29 Å². The minimum Gasteiger partial charge on any atom is -0.435 e. The molecule has 7 heteroatoms. The van der Waals surface area contributed by atoms with Crippen LogP contribution in [0.2, 0.25) is 0 Å². The molecule has 5 nitrogen and oxygen atoms in total. The monoisotopic (exact) mass is 473 g/mol. The topological polar surface area (TPSA) is 47.4 Å². The van der Waals surface area contributed by atoms with Crippen molar-refractivity contribution in [1.82, 2.24) is 14.5 Å². The van der Waals surface area contributed by atoms with Crippen molar-refractivity contribution in [2.24, 2.45) is 0 Å². The third kappa shape index (κ3) is 4.66. The highest BCUT2D eigenvalue weighted by Gasteiger charge is 2.24. The molecule has 0 bridgehead atoms. The standard InChI is InChI=1S/C28H25F2N3O2/c1-5-18-8-7-9-21(17-34)26(18)33-25-16-20(19-10-13-22(14-11-19)35-28(29)30)12-15-23(25)31-27(33)24(6-2)32(3)4/h1,7-17,24,28H,6H2,2-4H3. The highest BCUT2D eigenvalue weighted by atomic mass is 19.3. The van der Waals surface area contributed by atoms with Gasteiger partial charge in [-0.1, -0.05) is 37.1 Å². The van der Waals surface area contributed by atoms with Crippen molar-refractivity contribution in [1.29, 1.82) is 0 Å². The highest BCUT2D eigenvalue weighted by Crippen LogP contribution is 2.34. The van der Waals surface area contributed by atoms with Crippen molar-refractivity contribution in [2.45, 2.75) is 26.0 Å². The smallest absolute Gasteiger partial charge is 0.387 e. The molecule has 4 aromatic rings. The normalized spacial score (nSPS) is 12.2. The second-order valence-corrected chi connectivity index (χ2v) is 8.31. The summed E-state index contributed by atoms with van der Waals surface area (Å²) >= 11 is 0. The third-order valence-corrected chi connectivity index (χ3v) is 5.97. The molecule has 1 unspecified atom stereocenters. The van der Waals surface area contributed by atoms with Crippen molar-refractivity contribution in [2.75, 3.05) is 14.1 Å². The van der Waals surface area contributed by atoms with E-state index in [1.54, 1.807) is 30.3 Å². The van der Waals surface area contributed by atoms with Crippen molar-refractivity contribution < 1.29 is 18.3 Å². The van der Waals surface area contributed by atoms with Gasteiger partial charge in [-0.05, 0) is 68.0 Å². The van der Waals surface area contributed by atoms with E-state index >= 15 is 0 Å². The number of hydrogen-bond donors (Lipinski definition) is 0. The molecule has 1 aromatic heterocycles. The average Bonchev–Trinajstić information content (AvgIpc) is 3.21. The molecule has 35 heavy (non-hydrogen) atoms. The Morgan fingerprint density at radius 3 is 2.43 bits per heavy atom. The molecule has 0 aliphatic heterocycles. The van der Waals surface area contributed by atoms with Gasteiger partial charge >= 0.3 is 6.61 Å². The number of carbonyl (C=O) groups excluding carboxylic acids is 1. The molecule has 0 amide bonds. The number of terminal acetylenes is 1. The first kappa shape index (κ1) is 24.1. The number of halogens is 2. The van der Waals surface area contributed by atoms with Crippen molar-refractivity contribution in [3.63, 3.8) is 0 Å². The minimum atomic E-state index is -2.88. The van der Waals surface area contributed by atoms with Crippen LogP contribution in [-0.4, -0.2) is 41.4 Å². The van der Waals surface area contributed by atoms with Gasteiger partial charge in [0.25, 0.3) is 0 Å². The van der Waals surface area contributed by atoms with E-state index < -0.39 is 6.61 Å². The van der Waals surface area contributed by atoms with Crippen LogP contribution in [0, 0.1) is 12.3 Å². The Labute approximate surface area is 203 Å².